The van der Waals surface area contributed by atoms with Gasteiger partial charge in [0, 0.05) is 5.02 Å². The molecule has 2 rings (SSSR count). The van der Waals surface area contributed by atoms with Crippen LogP contribution < -0.4 is 15.4 Å². The van der Waals surface area contributed by atoms with Gasteiger partial charge in [0.25, 0.3) is 0 Å². The van der Waals surface area contributed by atoms with E-state index in [0.717, 1.165) is 17.7 Å². The highest BCUT2D eigenvalue weighted by molar-refractivity contribution is 6.30. The molecule has 2 amide bonds. The van der Waals surface area contributed by atoms with Crippen LogP contribution in [0.3, 0.4) is 0 Å². The fraction of sp³-hybridized carbons (Fsp3) is 0.235. The van der Waals surface area contributed by atoms with Crippen molar-refractivity contribution in [2.75, 3.05) is 18.5 Å². The minimum absolute atomic E-state index is 0.0650. The van der Waals surface area contributed by atoms with Gasteiger partial charge in [0.05, 0.1) is 17.8 Å². The third-order valence-corrected chi connectivity index (χ3v) is 3.45. The second-order valence-corrected chi connectivity index (χ2v) is 5.67. The summed E-state index contributed by atoms with van der Waals surface area (Å²) in [6, 6.07) is 9.72. The number of carbonyl (C=O) groups is 1. The van der Waals surface area contributed by atoms with Crippen molar-refractivity contribution in [2.45, 2.75) is 13.1 Å². The lowest BCUT2D eigenvalue weighted by Gasteiger charge is -2.14. The number of ether oxygens (including phenoxy) is 1. The Kier molecular flexibility index (Phi) is 6.14. The van der Waals surface area contributed by atoms with Crippen molar-refractivity contribution in [1.82, 2.24) is 5.32 Å². The van der Waals surface area contributed by atoms with E-state index >= 15 is 0 Å². The molecule has 2 aromatic carbocycles. The Balaban J connectivity index is 1.85. The summed E-state index contributed by atoms with van der Waals surface area (Å²) < 4.78 is 44.3. The molecule has 0 heterocycles. The fourth-order valence-corrected chi connectivity index (χ4v) is 2.17. The Hall–Kier alpha value is -2.41. The Morgan fingerprint density at radius 2 is 1.84 bits per heavy atom. The lowest BCUT2D eigenvalue weighted by atomic mass is 10.1. The normalized spacial score (nSPS) is 11.1. The van der Waals surface area contributed by atoms with Crippen molar-refractivity contribution >= 4 is 23.3 Å². The Bertz CT molecular complexity index is 734. The largest absolute Gasteiger partial charge is 0.492 e. The standard InChI is InChI=1S/C17H16ClF3N2O2/c1-11-2-5-13(6-3-11)25-9-8-22-16(24)23-15-7-4-12(18)10-14(15)17(19,20)21/h2-7,10H,8-9H2,1H3,(H2,22,23,24). The van der Waals surface area contributed by atoms with Crippen LogP contribution >= 0.6 is 11.6 Å². The smallest absolute Gasteiger partial charge is 0.418 e. The Morgan fingerprint density at radius 1 is 1.16 bits per heavy atom. The molecule has 0 bridgehead atoms. The van der Waals surface area contributed by atoms with Gasteiger partial charge in [-0.2, -0.15) is 13.2 Å². The van der Waals surface area contributed by atoms with E-state index in [1.165, 1.54) is 6.07 Å². The van der Waals surface area contributed by atoms with Gasteiger partial charge in [0.15, 0.2) is 0 Å². The summed E-state index contributed by atoms with van der Waals surface area (Å²) in [5, 5.41) is 4.53. The molecule has 8 heteroatoms. The summed E-state index contributed by atoms with van der Waals surface area (Å²) >= 11 is 5.58. The van der Waals surface area contributed by atoms with E-state index < -0.39 is 17.8 Å². The lowest BCUT2D eigenvalue weighted by Crippen LogP contribution is -2.32. The quantitative estimate of drug-likeness (QED) is 0.736. The predicted octanol–water partition coefficient (Wildman–Crippen LogP) is 4.87. The van der Waals surface area contributed by atoms with Crippen molar-refractivity contribution < 1.29 is 22.7 Å². The van der Waals surface area contributed by atoms with Crippen LogP contribution in [0.2, 0.25) is 5.02 Å². The molecule has 0 aliphatic rings. The summed E-state index contributed by atoms with van der Waals surface area (Å²) in [6.07, 6.45) is -4.62. The van der Waals surface area contributed by atoms with Gasteiger partial charge in [0.2, 0.25) is 0 Å². The second kappa shape index (κ2) is 8.11. The minimum Gasteiger partial charge on any atom is -0.492 e. The van der Waals surface area contributed by atoms with E-state index in [1.807, 2.05) is 19.1 Å². The molecule has 0 spiro atoms. The summed E-state index contributed by atoms with van der Waals surface area (Å²) in [5.74, 6) is 0.643. The molecule has 4 nitrogen and oxygen atoms in total. The maximum atomic E-state index is 13.0. The first-order chi connectivity index (χ1) is 11.8. The van der Waals surface area contributed by atoms with E-state index in [-0.39, 0.29) is 23.9 Å². The van der Waals surface area contributed by atoms with Gasteiger partial charge >= 0.3 is 12.2 Å². The van der Waals surface area contributed by atoms with Crippen molar-refractivity contribution in [2.24, 2.45) is 0 Å². The molecule has 2 N–H and O–H groups in total. The number of aryl methyl sites for hydroxylation is 1. The highest BCUT2D eigenvalue weighted by Gasteiger charge is 2.34. The van der Waals surface area contributed by atoms with Crippen LogP contribution in [0.25, 0.3) is 0 Å². The van der Waals surface area contributed by atoms with Crippen molar-refractivity contribution in [3.05, 3.63) is 58.6 Å². The first-order valence-electron chi connectivity index (χ1n) is 7.37. The highest BCUT2D eigenvalue weighted by atomic mass is 35.5. The summed E-state index contributed by atoms with van der Waals surface area (Å²) in [5.41, 5.74) is -0.284. The summed E-state index contributed by atoms with van der Waals surface area (Å²) in [4.78, 5) is 11.8. The van der Waals surface area contributed by atoms with E-state index in [9.17, 15) is 18.0 Å². The predicted molar refractivity (Wildman–Crippen MR) is 90.1 cm³/mol. The number of rotatable bonds is 5. The van der Waals surface area contributed by atoms with Gasteiger partial charge in [-0.15, -0.1) is 0 Å². The molecule has 134 valence electrons. The first kappa shape index (κ1) is 18.9. The topological polar surface area (TPSA) is 50.4 Å². The van der Waals surface area contributed by atoms with E-state index in [1.54, 1.807) is 12.1 Å². The van der Waals surface area contributed by atoms with E-state index in [0.29, 0.717) is 5.75 Å². The zero-order valence-corrected chi connectivity index (χ0v) is 14.0. The van der Waals surface area contributed by atoms with E-state index in [2.05, 4.69) is 10.6 Å². The molecule has 0 saturated carbocycles. The summed E-state index contributed by atoms with van der Waals surface area (Å²) in [7, 11) is 0. The molecule has 0 unspecified atom stereocenters. The third-order valence-electron chi connectivity index (χ3n) is 3.21. The number of amides is 2. The SMILES string of the molecule is Cc1ccc(OCCNC(=O)Nc2ccc(Cl)cc2C(F)(F)F)cc1. The van der Waals surface area contributed by atoms with Gasteiger partial charge in [0.1, 0.15) is 12.4 Å². The Morgan fingerprint density at radius 3 is 2.48 bits per heavy atom. The number of hydrogen-bond donors (Lipinski definition) is 2. The number of carbonyl (C=O) groups excluding carboxylic acids is 1. The van der Waals surface area contributed by atoms with Gasteiger partial charge in [-0.05, 0) is 37.3 Å². The zero-order valence-electron chi connectivity index (χ0n) is 13.3. The van der Waals surface area contributed by atoms with Gasteiger partial charge in [-0.1, -0.05) is 29.3 Å². The zero-order chi connectivity index (χ0) is 18.4. The average molecular weight is 373 g/mol. The maximum Gasteiger partial charge on any atom is 0.418 e. The molecule has 0 fully saturated rings. The molecule has 0 aliphatic carbocycles. The van der Waals surface area contributed by atoms with Crippen LogP contribution in [0, 0.1) is 6.92 Å². The monoisotopic (exact) mass is 372 g/mol. The van der Waals surface area contributed by atoms with Crippen LogP contribution in [0.15, 0.2) is 42.5 Å². The molecule has 0 aromatic heterocycles. The lowest BCUT2D eigenvalue weighted by molar-refractivity contribution is -0.136. The van der Waals surface area contributed by atoms with Crippen LogP contribution in [0.4, 0.5) is 23.7 Å². The molecule has 0 saturated heterocycles. The van der Waals surface area contributed by atoms with Crippen molar-refractivity contribution in [3.8, 4) is 5.75 Å². The average Bonchev–Trinajstić information content (AvgIpc) is 2.54. The molecule has 0 aliphatic heterocycles. The van der Waals surface area contributed by atoms with Crippen LogP contribution in [-0.4, -0.2) is 19.2 Å². The van der Waals surface area contributed by atoms with Crippen molar-refractivity contribution in [1.29, 1.82) is 0 Å². The molecule has 0 atom stereocenters. The van der Waals surface area contributed by atoms with E-state index in [4.69, 9.17) is 16.3 Å². The molecule has 25 heavy (non-hydrogen) atoms. The number of urea groups is 1. The first-order valence-corrected chi connectivity index (χ1v) is 7.74. The van der Waals surface area contributed by atoms with Crippen molar-refractivity contribution in [3.63, 3.8) is 0 Å². The molecule has 0 radical (unpaired) electrons. The molecule has 2 aromatic rings. The molecular weight excluding hydrogens is 357 g/mol. The number of halogens is 4. The van der Waals surface area contributed by atoms with Gasteiger partial charge in [-0.25, -0.2) is 4.79 Å². The maximum absolute atomic E-state index is 13.0. The Labute approximate surface area is 147 Å². The number of benzene rings is 2. The minimum atomic E-state index is -4.62. The van der Waals surface area contributed by atoms with Gasteiger partial charge in [-0.3, -0.25) is 0 Å². The van der Waals surface area contributed by atoms with Gasteiger partial charge < -0.3 is 15.4 Å². The summed E-state index contributed by atoms with van der Waals surface area (Å²) in [6.45, 7) is 2.26. The van der Waals surface area contributed by atoms with Crippen LogP contribution in [0.5, 0.6) is 5.75 Å². The molecular formula is C17H16ClF3N2O2. The van der Waals surface area contributed by atoms with Crippen LogP contribution in [0.1, 0.15) is 11.1 Å². The third kappa shape index (κ3) is 5.86. The fourth-order valence-electron chi connectivity index (χ4n) is 1.99. The van der Waals surface area contributed by atoms with Crippen LogP contribution in [-0.2, 0) is 6.18 Å². The number of nitrogens with one attached hydrogen (secondary N) is 2. The number of anilines is 1. The number of alkyl halides is 3. The highest BCUT2D eigenvalue weighted by Crippen LogP contribution is 2.36. The second-order valence-electron chi connectivity index (χ2n) is 5.23. The number of hydrogen-bond acceptors (Lipinski definition) is 2.